The van der Waals surface area contributed by atoms with E-state index in [9.17, 15) is 19.7 Å². The van der Waals surface area contributed by atoms with Gasteiger partial charge in [-0.2, -0.15) is 0 Å². The summed E-state index contributed by atoms with van der Waals surface area (Å²) in [5, 5.41) is 11.4. The molecule has 1 atom stereocenters. The molecule has 10 nitrogen and oxygen atoms in total. The number of thiazole rings is 1. The number of rotatable bonds is 7. The van der Waals surface area contributed by atoms with Crippen molar-refractivity contribution in [3.63, 3.8) is 0 Å². The van der Waals surface area contributed by atoms with Gasteiger partial charge in [0.25, 0.3) is 11.2 Å². The third-order valence-corrected chi connectivity index (χ3v) is 6.60. The Morgan fingerprint density at radius 3 is 2.61 bits per heavy atom. The number of hydrogen-bond acceptors (Lipinski definition) is 9. The minimum absolute atomic E-state index is 0.126. The fourth-order valence-electron chi connectivity index (χ4n) is 4.01. The quantitative estimate of drug-likeness (QED) is 0.273. The maximum absolute atomic E-state index is 13.6. The van der Waals surface area contributed by atoms with Gasteiger partial charge in [0.1, 0.15) is 0 Å². The second kappa shape index (κ2) is 10.2. The largest absolute Gasteiger partial charge is 0.493 e. The first-order valence-corrected chi connectivity index (χ1v) is 11.8. The summed E-state index contributed by atoms with van der Waals surface area (Å²) in [6, 6.07) is 10.2. The average Bonchev–Trinajstić information content (AvgIpc) is 3.17. The highest BCUT2D eigenvalue weighted by atomic mass is 32.1. The Morgan fingerprint density at radius 1 is 1.19 bits per heavy atom. The molecule has 0 radical (unpaired) electrons. The summed E-state index contributed by atoms with van der Waals surface area (Å²) in [5.41, 5.74) is 1.09. The summed E-state index contributed by atoms with van der Waals surface area (Å²) in [7, 11) is 3.06. The predicted octanol–water partition coefficient (Wildman–Crippen LogP) is 2.72. The van der Waals surface area contributed by atoms with Gasteiger partial charge in [-0.3, -0.25) is 19.5 Å². The Hall–Kier alpha value is -4.25. The number of allylic oxidation sites excluding steroid dienone is 1. The molecule has 0 saturated heterocycles. The van der Waals surface area contributed by atoms with Crippen molar-refractivity contribution in [1.82, 2.24) is 4.57 Å². The van der Waals surface area contributed by atoms with Gasteiger partial charge in [0.05, 0.1) is 47.6 Å². The Kier molecular flexibility index (Phi) is 7.02. The summed E-state index contributed by atoms with van der Waals surface area (Å²) in [4.78, 5) is 42.4. The second-order valence-electron chi connectivity index (χ2n) is 7.77. The lowest BCUT2D eigenvalue weighted by Crippen LogP contribution is -2.40. The molecule has 2 heterocycles. The standard InChI is InChI=1S/C25H23N3O7S/c1-5-35-24(30)21-14(2)26-25-27(22(21)16-7-6-8-17(13-16)28(31)32)23(29)20(36-25)12-15-9-10-18(33-3)19(11-15)34-4/h6-13,22H,5H2,1-4H3. The van der Waals surface area contributed by atoms with E-state index in [1.54, 1.807) is 44.2 Å². The van der Waals surface area contributed by atoms with Crippen molar-refractivity contribution in [1.29, 1.82) is 0 Å². The number of aromatic nitrogens is 1. The molecular formula is C25H23N3O7S. The van der Waals surface area contributed by atoms with E-state index in [2.05, 4.69) is 4.99 Å². The maximum atomic E-state index is 13.6. The molecule has 1 unspecified atom stereocenters. The van der Waals surface area contributed by atoms with Crippen LogP contribution in [-0.4, -0.2) is 36.3 Å². The SMILES string of the molecule is CCOC(=O)C1=C(C)N=c2sc(=Cc3ccc(OC)c(OC)c3)c(=O)n2C1c1cccc([N+](=O)[O-])c1. The number of nitro groups is 1. The number of esters is 1. The van der Waals surface area contributed by atoms with Crippen LogP contribution in [0.15, 0.2) is 63.5 Å². The lowest BCUT2D eigenvalue weighted by molar-refractivity contribution is -0.384. The highest BCUT2D eigenvalue weighted by Crippen LogP contribution is 2.32. The molecule has 0 N–H and O–H groups in total. The van der Waals surface area contributed by atoms with Crippen LogP contribution in [0, 0.1) is 10.1 Å². The van der Waals surface area contributed by atoms with Gasteiger partial charge in [-0.05, 0) is 43.2 Å². The van der Waals surface area contributed by atoms with Gasteiger partial charge in [0.2, 0.25) is 0 Å². The highest BCUT2D eigenvalue weighted by Gasteiger charge is 2.34. The van der Waals surface area contributed by atoms with Crippen LogP contribution in [0.25, 0.3) is 6.08 Å². The van der Waals surface area contributed by atoms with Crippen molar-refractivity contribution in [2.24, 2.45) is 4.99 Å². The molecule has 0 saturated carbocycles. The summed E-state index contributed by atoms with van der Waals surface area (Å²) < 4.78 is 17.6. The molecule has 1 aliphatic rings. The number of hydrogen-bond donors (Lipinski definition) is 0. The van der Waals surface area contributed by atoms with E-state index in [0.29, 0.717) is 37.7 Å². The Balaban J connectivity index is 1.95. The van der Waals surface area contributed by atoms with Gasteiger partial charge in [0, 0.05) is 12.1 Å². The number of nitro benzene ring substituents is 1. The van der Waals surface area contributed by atoms with Crippen LogP contribution >= 0.6 is 11.3 Å². The first kappa shape index (κ1) is 24.9. The molecule has 0 fully saturated rings. The first-order chi connectivity index (χ1) is 17.3. The van der Waals surface area contributed by atoms with Crippen LogP contribution in [0.4, 0.5) is 5.69 Å². The van der Waals surface area contributed by atoms with Gasteiger partial charge in [0.15, 0.2) is 16.3 Å². The molecule has 3 aromatic rings. The number of carbonyl (C=O) groups excluding carboxylic acids is 1. The number of fused-ring (bicyclic) bond motifs is 1. The fourth-order valence-corrected chi connectivity index (χ4v) is 5.06. The first-order valence-electron chi connectivity index (χ1n) is 10.9. The van der Waals surface area contributed by atoms with E-state index in [4.69, 9.17) is 14.2 Å². The number of carbonyl (C=O) groups is 1. The Labute approximate surface area is 209 Å². The molecule has 0 aliphatic carbocycles. The predicted molar refractivity (Wildman–Crippen MR) is 133 cm³/mol. The van der Waals surface area contributed by atoms with Crippen LogP contribution in [0.2, 0.25) is 0 Å². The van der Waals surface area contributed by atoms with Crippen LogP contribution in [-0.2, 0) is 9.53 Å². The van der Waals surface area contributed by atoms with Crippen LogP contribution in [0.1, 0.15) is 31.0 Å². The Morgan fingerprint density at radius 2 is 1.94 bits per heavy atom. The minimum Gasteiger partial charge on any atom is -0.493 e. The lowest BCUT2D eigenvalue weighted by Gasteiger charge is -2.24. The van der Waals surface area contributed by atoms with E-state index >= 15 is 0 Å². The third kappa shape index (κ3) is 4.52. The number of ether oxygens (including phenoxy) is 3. The zero-order chi connectivity index (χ0) is 26.0. The van der Waals surface area contributed by atoms with Crippen molar-refractivity contribution < 1.29 is 23.9 Å². The molecule has 1 aromatic heterocycles. The zero-order valence-corrected chi connectivity index (χ0v) is 20.8. The molecule has 2 aromatic carbocycles. The third-order valence-electron chi connectivity index (χ3n) is 5.62. The highest BCUT2D eigenvalue weighted by molar-refractivity contribution is 7.07. The van der Waals surface area contributed by atoms with Crippen molar-refractivity contribution in [2.75, 3.05) is 20.8 Å². The summed E-state index contributed by atoms with van der Waals surface area (Å²) in [5.74, 6) is 0.426. The van der Waals surface area contributed by atoms with Crippen molar-refractivity contribution in [2.45, 2.75) is 19.9 Å². The van der Waals surface area contributed by atoms with Gasteiger partial charge < -0.3 is 14.2 Å². The number of non-ortho nitro benzene ring substituents is 1. The molecule has 186 valence electrons. The zero-order valence-electron chi connectivity index (χ0n) is 20.0. The molecule has 1 aliphatic heterocycles. The monoisotopic (exact) mass is 509 g/mol. The molecular weight excluding hydrogens is 486 g/mol. The van der Waals surface area contributed by atoms with Crippen molar-refractivity contribution in [3.8, 4) is 11.5 Å². The van der Waals surface area contributed by atoms with Gasteiger partial charge >= 0.3 is 5.97 Å². The smallest absolute Gasteiger partial charge is 0.338 e. The van der Waals surface area contributed by atoms with E-state index in [0.717, 1.165) is 11.3 Å². The normalized spacial score (nSPS) is 15.2. The minimum atomic E-state index is -0.937. The number of benzene rings is 2. The van der Waals surface area contributed by atoms with Crippen LogP contribution in [0.3, 0.4) is 0 Å². The lowest BCUT2D eigenvalue weighted by atomic mass is 9.95. The summed E-state index contributed by atoms with van der Waals surface area (Å²) in [6.45, 7) is 3.46. The molecule has 0 bridgehead atoms. The molecule has 0 amide bonds. The maximum Gasteiger partial charge on any atom is 0.338 e. The van der Waals surface area contributed by atoms with Gasteiger partial charge in [-0.25, -0.2) is 9.79 Å². The molecule has 36 heavy (non-hydrogen) atoms. The topological polar surface area (TPSA) is 122 Å². The number of methoxy groups -OCH3 is 2. The molecule has 11 heteroatoms. The van der Waals surface area contributed by atoms with Gasteiger partial charge in [-0.1, -0.05) is 29.5 Å². The van der Waals surface area contributed by atoms with Crippen LogP contribution < -0.4 is 24.4 Å². The van der Waals surface area contributed by atoms with E-state index in [-0.39, 0.29) is 23.4 Å². The van der Waals surface area contributed by atoms with E-state index in [1.807, 2.05) is 0 Å². The molecule has 0 spiro atoms. The fraction of sp³-hybridized carbons (Fsp3) is 0.240. The summed E-state index contributed by atoms with van der Waals surface area (Å²) in [6.07, 6.45) is 1.69. The van der Waals surface area contributed by atoms with E-state index in [1.165, 1.54) is 37.0 Å². The van der Waals surface area contributed by atoms with Crippen molar-refractivity contribution in [3.05, 3.63) is 94.7 Å². The average molecular weight is 510 g/mol. The Bertz CT molecular complexity index is 1570. The van der Waals surface area contributed by atoms with Crippen LogP contribution in [0.5, 0.6) is 11.5 Å². The molecule has 4 rings (SSSR count). The van der Waals surface area contributed by atoms with Gasteiger partial charge in [-0.15, -0.1) is 0 Å². The van der Waals surface area contributed by atoms with E-state index < -0.39 is 16.9 Å². The second-order valence-corrected chi connectivity index (χ2v) is 8.78. The number of nitrogens with zero attached hydrogens (tertiary/aromatic N) is 3. The van der Waals surface area contributed by atoms with Crippen molar-refractivity contribution >= 4 is 29.1 Å². The summed E-state index contributed by atoms with van der Waals surface area (Å²) >= 11 is 1.16.